The van der Waals surface area contributed by atoms with Gasteiger partial charge in [-0.05, 0) is 63.5 Å². The molecule has 1 aromatic heterocycles. The Morgan fingerprint density at radius 2 is 1.74 bits per heavy atom. The topological polar surface area (TPSA) is 83.1 Å². The second-order valence-corrected chi connectivity index (χ2v) is 9.00. The van der Waals surface area contributed by atoms with E-state index in [0.29, 0.717) is 36.1 Å². The molecule has 8 nitrogen and oxygen atoms in total. The zero-order valence-corrected chi connectivity index (χ0v) is 20.9. The van der Waals surface area contributed by atoms with E-state index in [1.807, 2.05) is 44.1 Å². The summed E-state index contributed by atoms with van der Waals surface area (Å²) in [7, 11) is 3.91. The molecule has 0 spiro atoms. The summed E-state index contributed by atoms with van der Waals surface area (Å²) in [6.45, 7) is 3.65. The average molecular weight is 503 g/mol. The number of ether oxygens (including phenoxy) is 1. The molecule has 0 N–H and O–H groups in total. The molecule has 1 aliphatic rings. The third-order valence-electron chi connectivity index (χ3n) is 5.33. The Hall–Kier alpha value is -3.01. The Balaban J connectivity index is 0.00000324. The lowest BCUT2D eigenvalue weighted by Gasteiger charge is -2.22. The van der Waals surface area contributed by atoms with E-state index in [9.17, 15) is 14.4 Å². The number of amides is 3. The number of hydrogen-bond acceptors (Lipinski definition) is 7. The minimum atomic E-state index is -0.215. The van der Waals surface area contributed by atoms with Crippen molar-refractivity contribution in [3.63, 3.8) is 0 Å². The summed E-state index contributed by atoms with van der Waals surface area (Å²) in [6.07, 6.45) is 0.445. The minimum Gasteiger partial charge on any atom is -0.494 e. The van der Waals surface area contributed by atoms with E-state index in [1.54, 1.807) is 29.2 Å². The summed E-state index contributed by atoms with van der Waals surface area (Å²) in [5.41, 5.74) is 1.76. The summed E-state index contributed by atoms with van der Waals surface area (Å²) < 4.78 is 6.53. The molecule has 4 rings (SSSR count). The molecule has 0 aliphatic carbocycles. The summed E-state index contributed by atoms with van der Waals surface area (Å²) >= 11 is 1.44. The van der Waals surface area contributed by atoms with Crippen molar-refractivity contribution in [1.82, 2.24) is 9.88 Å². The highest BCUT2D eigenvalue weighted by Gasteiger charge is 2.30. The normalized spacial score (nSPS) is 13.5. The molecule has 1 saturated heterocycles. The highest BCUT2D eigenvalue weighted by Crippen LogP contribution is 2.32. The minimum absolute atomic E-state index is 0. The zero-order chi connectivity index (χ0) is 23.5. The molecular weight excluding hydrogens is 476 g/mol. The zero-order valence-electron chi connectivity index (χ0n) is 19.3. The van der Waals surface area contributed by atoms with Crippen LogP contribution in [0.2, 0.25) is 0 Å². The summed E-state index contributed by atoms with van der Waals surface area (Å²) in [5, 5.41) is 0.611. The molecular formula is C24H27ClN4O4S. The van der Waals surface area contributed by atoms with Crippen molar-refractivity contribution in [2.45, 2.75) is 19.8 Å². The smallest absolute Gasteiger partial charge is 0.260 e. The fourth-order valence-corrected chi connectivity index (χ4v) is 4.64. The Labute approximate surface area is 208 Å². The van der Waals surface area contributed by atoms with Crippen molar-refractivity contribution in [3.05, 3.63) is 48.0 Å². The van der Waals surface area contributed by atoms with Crippen LogP contribution in [0.4, 0.5) is 10.8 Å². The Bertz CT molecular complexity index is 1180. The second kappa shape index (κ2) is 10.9. The van der Waals surface area contributed by atoms with Gasteiger partial charge in [-0.1, -0.05) is 11.3 Å². The van der Waals surface area contributed by atoms with Crippen LogP contribution in [0.15, 0.2) is 42.5 Å². The van der Waals surface area contributed by atoms with Crippen LogP contribution in [-0.4, -0.2) is 61.4 Å². The molecule has 0 unspecified atom stereocenters. The van der Waals surface area contributed by atoms with E-state index in [2.05, 4.69) is 0 Å². The molecule has 3 amide bonds. The molecule has 0 saturated carbocycles. The Kier molecular flexibility index (Phi) is 8.24. The number of nitrogens with zero attached hydrogens (tertiary/aromatic N) is 4. The number of thiazole rings is 1. The first-order valence-corrected chi connectivity index (χ1v) is 11.6. The van der Waals surface area contributed by atoms with Crippen molar-refractivity contribution in [2.24, 2.45) is 0 Å². The number of fused-ring (bicyclic) bond motifs is 1. The molecule has 2 heterocycles. The summed E-state index contributed by atoms with van der Waals surface area (Å²) in [5.74, 6) is 0.152. The van der Waals surface area contributed by atoms with Crippen molar-refractivity contribution in [3.8, 4) is 5.75 Å². The van der Waals surface area contributed by atoms with Crippen LogP contribution in [0.5, 0.6) is 5.75 Å². The predicted octanol–water partition coefficient (Wildman–Crippen LogP) is 3.98. The van der Waals surface area contributed by atoms with Gasteiger partial charge in [-0.15, -0.1) is 12.4 Å². The molecule has 180 valence electrons. The lowest BCUT2D eigenvalue weighted by Crippen LogP contribution is -2.36. The first-order valence-electron chi connectivity index (χ1n) is 10.8. The third-order valence-corrected chi connectivity index (χ3v) is 6.37. The van der Waals surface area contributed by atoms with Crippen molar-refractivity contribution in [2.75, 3.05) is 43.6 Å². The molecule has 2 aromatic carbocycles. The van der Waals surface area contributed by atoms with Gasteiger partial charge in [-0.2, -0.15) is 0 Å². The van der Waals surface area contributed by atoms with Gasteiger partial charge < -0.3 is 9.64 Å². The predicted molar refractivity (Wildman–Crippen MR) is 136 cm³/mol. The lowest BCUT2D eigenvalue weighted by molar-refractivity contribution is -0.121. The SMILES string of the molecule is CCOc1ccc2nc(N(CCN(C)C)C(=O)c3ccc(N4C(=O)CCC4=O)cc3)sc2c1.Cl. The maximum Gasteiger partial charge on any atom is 0.260 e. The molecule has 1 fully saturated rings. The van der Waals surface area contributed by atoms with Gasteiger partial charge in [-0.25, -0.2) is 4.98 Å². The Morgan fingerprint density at radius 3 is 2.35 bits per heavy atom. The van der Waals surface area contributed by atoms with E-state index < -0.39 is 0 Å². The average Bonchev–Trinajstić information content (AvgIpc) is 3.36. The van der Waals surface area contributed by atoms with Crippen molar-refractivity contribution < 1.29 is 19.1 Å². The van der Waals surface area contributed by atoms with Crippen LogP contribution in [0.25, 0.3) is 10.2 Å². The highest BCUT2D eigenvalue weighted by atomic mass is 35.5. The van der Waals surface area contributed by atoms with Crippen LogP contribution in [0.1, 0.15) is 30.1 Å². The molecule has 0 bridgehead atoms. The number of aromatic nitrogens is 1. The fourth-order valence-electron chi connectivity index (χ4n) is 3.62. The number of benzene rings is 2. The lowest BCUT2D eigenvalue weighted by atomic mass is 10.1. The van der Waals surface area contributed by atoms with Crippen LogP contribution >= 0.6 is 23.7 Å². The third kappa shape index (κ3) is 5.38. The van der Waals surface area contributed by atoms with E-state index in [0.717, 1.165) is 16.0 Å². The second-order valence-electron chi connectivity index (χ2n) is 7.99. The number of anilines is 2. The quantitative estimate of drug-likeness (QED) is 0.433. The molecule has 0 radical (unpaired) electrons. The fraction of sp³-hybridized carbons (Fsp3) is 0.333. The van der Waals surface area contributed by atoms with Gasteiger partial charge in [0, 0.05) is 31.5 Å². The maximum atomic E-state index is 13.5. The van der Waals surface area contributed by atoms with Gasteiger partial charge in [0.15, 0.2) is 5.13 Å². The first kappa shape index (κ1) is 25.6. The van der Waals surface area contributed by atoms with Gasteiger partial charge in [-0.3, -0.25) is 24.2 Å². The van der Waals surface area contributed by atoms with Gasteiger partial charge in [0.25, 0.3) is 5.91 Å². The molecule has 1 aliphatic heterocycles. The molecule has 34 heavy (non-hydrogen) atoms. The van der Waals surface area contributed by atoms with Crippen LogP contribution in [-0.2, 0) is 9.59 Å². The first-order chi connectivity index (χ1) is 15.9. The number of halogens is 1. The Morgan fingerprint density at radius 1 is 1.06 bits per heavy atom. The van der Waals surface area contributed by atoms with Crippen molar-refractivity contribution >= 4 is 62.5 Å². The van der Waals surface area contributed by atoms with Gasteiger partial charge in [0.1, 0.15) is 5.75 Å². The molecule has 3 aromatic rings. The van der Waals surface area contributed by atoms with Gasteiger partial charge >= 0.3 is 0 Å². The van der Waals surface area contributed by atoms with Crippen LogP contribution in [0, 0.1) is 0 Å². The van der Waals surface area contributed by atoms with Gasteiger partial charge in [0.2, 0.25) is 11.8 Å². The number of hydrogen-bond donors (Lipinski definition) is 0. The van der Waals surface area contributed by atoms with E-state index in [4.69, 9.17) is 9.72 Å². The monoisotopic (exact) mass is 502 g/mol. The van der Waals surface area contributed by atoms with Crippen LogP contribution in [0.3, 0.4) is 0 Å². The van der Waals surface area contributed by atoms with Crippen molar-refractivity contribution in [1.29, 1.82) is 0 Å². The summed E-state index contributed by atoms with van der Waals surface area (Å²) in [6, 6.07) is 12.3. The maximum absolute atomic E-state index is 13.5. The number of likely N-dealkylation sites (N-methyl/N-ethyl adjacent to an activating group) is 1. The number of carbonyl (C=O) groups excluding carboxylic acids is 3. The van der Waals surface area contributed by atoms with Crippen LogP contribution < -0.4 is 14.5 Å². The number of rotatable bonds is 8. The summed E-state index contributed by atoms with van der Waals surface area (Å²) in [4.78, 5) is 47.0. The van der Waals surface area contributed by atoms with Gasteiger partial charge in [0.05, 0.1) is 22.5 Å². The standard InChI is InChI=1S/C24H26N4O4S.ClH/c1-4-32-18-9-10-19-20(15-18)33-24(25-19)27(14-13-26(2)3)23(31)16-5-7-17(8-6-16)28-21(29)11-12-22(28)30;/h5-10,15H,4,11-14H2,1-3H3;1H. The highest BCUT2D eigenvalue weighted by molar-refractivity contribution is 7.22. The largest absolute Gasteiger partial charge is 0.494 e. The molecule has 10 heteroatoms. The van der Waals surface area contributed by atoms with E-state index in [-0.39, 0.29) is 43.0 Å². The number of carbonyl (C=O) groups is 3. The van der Waals surface area contributed by atoms with E-state index >= 15 is 0 Å². The number of imide groups is 1. The van der Waals surface area contributed by atoms with E-state index in [1.165, 1.54) is 16.2 Å². The molecule has 0 atom stereocenters.